The number of amides is 1. The normalized spacial score (nSPS) is 11.3. The van der Waals surface area contributed by atoms with E-state index in [-0.39, 0.29) is 36.0 Å². The molecule has 0 saturated heterocycles. The lowest BCUT2D eigenvalue weighted by Gasteiger charge is -2.22. The number of pyridine rings is 1. The van der Waals surface area contributed by atoms with Crippen LogP contribution in [0.2, 0.25) is 5.02 Å². The van der Waals surface area contributed by atoms with Crippen molar-refractivity contribution < 1.29 is 23.1 Å². The van der Waals surface area contributed by atoms with Crippen LogP contribution in [0.4, 0.5) is 0 Å². The maximum absolute atomic E-state index is 13.5. The highest BCUT2D eigenvalue weighted by molar-refractivity contribution is 7.89. The van der Waals surface area contributed by atoms with E-state index in [0.29, 0.717) is 21.8 Å². The minimum atomic E-state index is -3.87. The molecule has 3 aromatic carbocycles. The van der Waals surface area contributed by atoms with Crippen molar-refractivity contribution in [3.05, 3.63) is 130 Å². The van der Waals surface area contributed by atoms with E-state index in [9.17, 15) is 18.0 Å². The van der Waals surface area contributed by atoms with Crippen LogP contribution in [0.15, 0.2) is 102 Å². The lowest BCUT2D eigenvalue weighted by molar-refractivity contribution is 0.0696. The van der Waals surface area contributed by atoms with E-state index >= 15 is 0 Å². The van der Waals surface area contributed by atoms with E-state index in [1.807, 2.05) is 0 Å². The van der Waals surface area contributed by atoms with E-state index in [1.165, 1.54) is 40.7 Å². The number of carboxylic acids is 1. The first-order chi connectivity index (χ1) is 18.2. The molecule has 0 aliphatic carbocycles. The van der Waals surface area contributed by atoms with E-state index in [1.54, 1.807) is 60.8 Å². The van der Waals surface area contributed by atoms with Gasteiger partial charge in [0.05, 0.1) is 22.7 Å². The number of aromatic carboxylic acids is 1. The fourth-order valence-electron chi connectivity index (χ4n) is 3.67. The summed E-state index contributed by atoms with van der Waals surface area (Å²) < 4.78 is 28.3. The molecule has 10 heteroatoms. The average Bonchev–Trinajstić information content (AvgIpc) is 2.93. The zero-order valence-corrected chi connectivity index (χ0v) is 21.7. The molecular weight excluding hydrogens is 526 g/mol. The quantitative estimate of drug-likeness (QED) is 0.295. The Labute approximate surface area is 225 Å². The minimum absolute atomic E-state index is 0.0642. The van der Waals surface area contributed by atoms with Gasteiger partial charge in [0.2, 0.25) is 10.0 Å². The number of rotatable bonds is 10. The first kappa shape index (κ1) is 27.0. The standard InChI is InChI=1S/C28H24ClN3O5S/c29-24-12-14-26(15-13-24)38(36,37)32(19-25-3-1-2-16-30-25)18-21-6-8-22(9-7-21)27(33)31-17-20-4-10-23(11-5-20)28(34)35/h1-16H,17-19H2,(H,31,33)(H,34,35). The van der Waals surface area contributed by atoms with Gasteiger partial charge in [-0.1, -0.05) is 41.9 Å². The van der Waals surface area contributed by atoms with Crippen molar-refractivity contribution >= 4 is 33.5 Å². The Bertz CT molecular complexity index is 1510. The van der Waals surface area contributed by atoms with Crippen molar-refractivity contribution in [2.24, 2.45) is 0 Å². The predicted molar refractivity (Wildman–Crippen MR) is 143 cm³/mol. The Morgan fingerprint density at radius 2 is 1.45 bits per heavy atom. The molecule has 38 heavy (non-hydrogen) atoms. The molecule has 194 valence electrons. The fraction of sp³-hybridized carbons (Fsp3) is 0.107. The van der Waals surface area contributed by atoms with Crippen LogP contribution in [0, 0.1) is 0 Å². The topological polar surface area (TPSA) is 117 Å². The first-order valence-corrected chi connectivity index (χ1v) is 13.4. The smallest absolute Gasteiger partial charge is 0.335 e. The van der Waals surface area contributed by atoms with E-state index < -0.39 is 16.0 Å². The second-order valence-electron chi connectivity index (χ2n) is 8.43. The molecule has 0 atom stereocenters. The highest BCUT2D eigenvalue weighted by Gasteiger charge is 2.25. The highest BCUT2D eigenvalue weighted by atomic mass is 35.5. The van der Waals surface area contributed by atoms with Gasteiger partial charge in [0.1, 0.15) is 0 Å². The number of benzene rings is 3. The number of aromatic nitrogens is 1. The number of carbonyl (C=O) groups excluding carboxylic acids is 1. The summed E-state index contributed by atoms with van der Waals surface area (Å²) in [6.45, 7) is 0.367. The van der Waals surface area contributed by atoms with Gasteiger partial charge in [-0.3, -0.25) is 9.78 Å². The summed E-state index contributed by atoms with van der Waals surface area (Å²) in [5, 5.41) is 12.2. The Hall–Kier alpha value is -4.05. The monoisotopic (exact) mass is 549 g/mol. The van der Waals surface area contributed by atoms with Gasteiger partial charge in [0.15, 0.2) is 0 Å². The molecule has 0 radical (unpaired) electrons. The maximum Gasteiger partial charge on any atom is 0.335 e. The summed E-state index contributed by atoms with van der Waals surface area (Å²) >= 11 is 5.94. The summed E-state index contributed by atoms with van der Waals surface area (Å²) in [7, 11) is -3.87. The van der Waals surface area contributed by atoms with Gasteiger partial charge in [-0.2, -0.15) is 4.31 Å². The Kier molecular flexibility index (Phi) is 8.52. The van der Waals surface area contributed by atoms with Crippen molar-refractivity contribution in [1.82, 2.24) is 14.6 Å². The Morgan fingerprint density at radius 3 is 2.05 bits per heavy atom. The molecule has 2 N–H and O–H groups in total. The maximum atomic E-state index is 13.5. The first-order valence-electron chi connectivity index (χ1n) is 11.6. The molecule has 1 heterocycles. The van der Waals surface area contributed by atoms with Gasteiger partial charge in [0, 0.05) is 29.9 Å². The van der Waals surface area contributed by atoms with Crippen molar-refractivity contribution in [1.29, 1.82) is 0 Å². The number of nitrogens with one attached hydrogen (secondary N) is 1. The molecular formula is C28H24ClN3O5S. The second-order valence-corrected chi connectivity index (χ2v) is 10.8. The van der Waals surface area contributed by atoms with Crippen LogP contribution in [0.1, 0.15) is 37.5 Å². The summed E-state index contributed by atoms with van der Waals surface area (Å²) in [4.78, 5) is 28.0. The number of carboxylic acid groups (broad SMARTS) is 1. The number of halogens is 1. The van der Waals surface area contributed by atoms with Crippen LogP contribution < -0.4 is 5.32 Å². The zero-order valence-electron chi connectivity index (χ0n) is 20.1. The second kappa shape index (κ2) is 12.0. The van der Waals surface area contributed by atoms with Gasteiger partial charge >= 0.3 is 5.97 Å². The third-order valence-corrected chi connectivity index (χ3v) is 7.80. The average molecular weight is 550 g/mol. The van der Waals surface area contributed by atoms with Crippen LogP contribution in [0.25, 0.3) is 0 Å². The van der Waals surface area contributed by atoms with Gasteiger partial charge < -0.3 is 10.4 Å². The van der Waals surface area contributed by atoms with Crippen LogP contribution in [0.3, 0.4) is 0 Å². The van der Waals surface area contributed by atoms with E-state index in [4.69, 9.17) is 16.7 Å². The summed E-state index contributed by atoms with van der Waals surface area (Å²) in [6.07, 6.45) is 1.61. The van der Waals surface area contributed by atoms with Gasteiger partial charge in [-0.05, 0) is 71.8 Å². The van der Waals surface area contributed by atoms with E-state index in [2.05, 4.69) is 10.3 Å². The van der Waals surface area contributed by atoms with Crippen molar-refractivity contribution in [3.8, 4) is 0 Å². The third kappa shape index (κ3) is 6.83. The van der Waals surface area contributed by atoms with Crippen LogP contribution in [-0.2, 0) is 29.7 Å². The molecule has 8 nitrogen and oxygen atoms in total. The molecule has 1 amide bonds. The molecule has 0 fully saturated rings. The molecule has 1 aromatic heterocycles. The zero-order chi connectivity index (χ0) is 27.1. The van der Waals surface area contributed by atoms with Crippen LogP contribution in [-0.4, -0.2) is 34.7 Å². The number of sulfonamides is 1. The summed E-state index contributed by atoms with van der Waals surface area (Å²) in [6, 6.07) is 24.2. The van der Waals surface area contributed by atoms with Crippen LogP contribution in [0.5, 0.6) is 0 Å². The molecule has 0 aliphatic heterocycles. The largest absolute Gasteiger partial charge is 0.478 e. The van der Waals surface area contributed by atoms with Crippen molar-refractivity contribution in [3.63, 3.8) is 0 Å². The molecule has 0 spiro atoms. The SMILES string of the molecule is O=C(O)c1ccc(CNC(=O)c2ccc(CN(Cc3ccccn3)S(=O)(=O)c3ccc(Cl)cc3)cc2)cc1. The lowest BCUT2D eigenvalue weighted by atomic mass is 10.1. The molecule has 0 unspecified atom stereocenters. The molecule has 0 aliphatic rings. The van der Waals surface area contributed by atoms with Crippen molar-refractivity contribution in [2.75, 3.05) is 0 Å². The lowest BCUT2D eigenvalue weighted by Crippen LogP contribution is -2.30. The molecule has 0 bridgehead atoms. The summed E-state index contributed by atoms with van der Waals surface area (Å²) in [5.74, 6) is -1.32. The predicted octanol–water partition coefficient (Wildman–Crippen LogP) is 4.75. The fourth-order valence-corrected chi connectivity index (χ4v) is 5.19. The summed E-state index contributed by atoms with van der Waals surface area (Å²) in [5.41, 5.74) is 2.63. The van der Waals surface area contributed by atoms with Gasteiger partial charge in [-0.25, -0.2) is 13.2 Å². The third-order valence-electron chi connectivity index (χ3n) is 5.74. The number of hydrogen-bond donors (Lipinski definition) is 2. The Morgan fingerprint density at radius 1 is 0.816 bits per heavy atom. The minimum Gasteiger partial charge on any atom is -0.478 e. The number of hydrogen-bond acceptors (Lipinski definition) is 5. The molecule has 4 aromatic rings. The van der Waals surface area contributed by atoms with Crippen molar-refractivity contribution in [2.45, 2.75) is 24.5 Å². The van der Waals surface area contributed by atoms with Crippen LogP contribution >= 0.6 is 11.6 Å². The van der Waals surface area contributed by atoms with Gasteiger partial charge in [0.25, 0.3) is 5.91 Å². The highest BCUT2D eigenvalue weighted by Crippen LogP contribution is 2.22. The van der Waals surface area contributed by atoms with E-state index in [0.717, 1.165) is 5.56 Å². The Balaban J connectivity index is 1.47. The molecule has 4 rings (SSSR count). The van der Waals surface area contributed by atoms with Gasteiger partial charge in [-0.15, -0.1) is 0 Å². The molecule has 0 saturated carbocycles. The number of carbonyl (C=O) groups is 2. The number of nitrogens with zero attached hydrogens (tertiary/aromatic N) is 2.